The Balaban J connectivity index is 2.00. The Hall–Kier alpha value is -2.54. The molecule has 0 atom stereocenters. The van der Waals surface area contributed by atoms with Crippen LogP contribution in [0, 0.1) is 13.8 Å². The van der Waals surface area contributed by atoms with Crippen LogP contribution in [-0.2, 0) is 14.8 Å². The van der Waals surface area contributed by atoms with Crippen molar-refractivity contribution in [3.05, 3.63) is 87.9 Å². The minimum Gasteiger partial charge on any atom is -0.323 e. The van der Waals surface area contributed by atoms with E-state index >= 15 is 0 Å². The lowest BCUT2D eigenvalue weighted by atomic mass is 10.2. The fourth-order valence-electron chi connectivity index (χ4n) is 2.92. The van der Waals surface area contributed by atoms with Gasteiger partial charge in [0, 0.05) is 5.02 Å². The molecule has 0 aliphatic rings. The van der Waals surface area contributed by atoms with Crippen molar-refractivity contribution in [2.45, 2.75) is 18.7 Å². The third kappa shape index (κ3) is 4.95. The molecule has 0 saturated heterocycles. The van der Waals surface area contributed by atoms with Crippen LogP contribution in [0.15, 0.2) is 71.6 Å². The molecule has 3 aromatic carbocycles. The lowest BCUT2D eigenvalue weighted by Gasteiger charge is -2.26. The van der Waals surface area contributed by atoms with E-state index in [0.717, 1.165) is 9.87 Å². The summed E-state index contributed by atoms with van der Waals surface area (Å²) < 4.78 is 27.9. The predicted molar refractivity (Wildman–Crippen MR) is 122 cm³/mol. The van der Waals surface area contributed by atoms with Crippen LogP contribution in [0.5, 0.6) is 0 Å². The summed E-state index contributed by atoms with van der Waals surface area (Å²) in [6, 6.07) is 18.1. The average Bonchev–Trinajstić information content (AvgIpc) is 2.69. The molecule has 0 radical (unpaired) electrons. The van der Waals surface area contributed by atoms with Gasteiger partial charge in [-0.2, -0.15) is 0 Å². The predicted octanol–water partition coefficient (Wildman–Crippen LogP) is 5.44. The van der Waals surface area contributed by atoms with Crippen LogP contribution in [0.4, 0.5) is 11.4 Å². The normalized spacial score (nSPS) is 11.2. The summed E-state index contributed by atoms with van der Waals surface area (Å²) in [4.78, 5) is 12.8. The van der Waals surface area contributed by atoms with Gasteiger partial charge in [0.2, 0.25) is 5.91 Å². The van der Waals surface area contributed by atoms with Crippen molar-refractivity contribution in [2.24, 2.45) is 0 Å². The maximum absolute atomic E-state index is 13.4. The number of aryl methyl sites for hydroxylation is 2. The lowest BCUT2D eigenvalue weighted by Crippen LogP contribution is -2.38. The first-order valence-corrected chi connectivity index (χ1v) is 11.3. The van der Waals surface area contributed by atoms with Gasteiger partial charge in [-0.05, 0) is 61.9 Å². The van der Waals surface area contributed by atoms with E-state index in [0.29, 0.717) is 27.0 Å². The number of para-hydroxylation sites is 1. The summed E-state index contributed by atoms with van der Waals surface area (Å²) in [5, 5.41) is 3.51. The zero-order valence-electron chi connectivity index (χ0n) is 16.4. The fraction of sp³-hybridized carbons (Fsp3) is 0.136. The highest BCUT2D eigenvalue weighted by molar-refractivity contribution is 7.92. The minimum absolute atomic E-state index is 0.0907. The number of amides is 1. The maximum atomic E-state index is 13.4. The number of rotatable bonds is 6. The van der Waals surface area contributed by atoms with E-state index in [1.807, 2.05) is 6.92 Å². The second kappa shape index (κ2) is 9.08. The number of carbonyl (C=O) groups excluding carboxylic acids is 1. The summed E-state index contributed by atoms with van der Waals surface area (Å²) in [6.45, 7) is 3.18. The number of halogens is 2. The summed E-state index contributed by atoms with van der Waals surface area (Å²) in [6.07, 6.45) is 0. The van der Waals surface area contributed by atoms with E-state index in [9.17, 15) is 13.2 Å². The summed E-state index contributed by atoms with van der Waals surface area (Å²) in [5.74, 6) is -0.520. The van der Waals surface area contributed by atoms with Gasteiger partial charge in [-0.1, -0.05) is 53.0 Å². The van der Waals surface area contributed by atoms with E-state index in [1.54, 1.807) is 61.5 Å². The molecule has 0 unspecified atom stereocenters. The molecule has 156 valence electrons. The van der Waals surface area contributed by atoms with Crippen LogP contribution in [0.25, 0.3) is 0 Å². The monoisotopic (exact) mass is 462 g/mol. The van der Waals surface area contributed by atoms with E-state index in [4.69, 9.17) is 23.2 Å². The average molecular weight is 463 g/mol. The molecule has 0 saturated carbocycles. The zero-order valence-corrected chi connectivity index (χ0v) is 18.7. The molecule has 3 aromatic rings. The van der Waals surface area contributed by atoms with Crippen molar-refractivity contribution in [3.63, 3.8) is 0 Å². The molecular weight excluding hydrogens is 443 g/mol. The molecule has 1 amide bonds. The zero-order chi connectivity index (χ0) is 21.9. The molecule has 8 heteroatoms. The topological polar surface area (TPSA) is 66.5 Å². The molecule has 0 bridgehead atoms. The molecule has 30 heavy (non-hydrogen) atoms. The molecule has 0 heterocycles. The van der Waals surface area contributed by atoms with Crippen LogP contribution in [0.3, 0.4) is 0 Å². The number of anilines is 2. The van der Waals surface area contributed by atoms with Crippen LogP contribution < -0.4 is 9.62 Å². The van der Waals surface area contributed by atoms with Gasteiger partial charge in [-0.25, -0.2) is 8.42 Å². The van der Waals surface area contributed by atoms with Crippen molar-refractivity contribution in [3.8, 4) is 0 Å². The third-order valence-corrected chi connectivity index (χ3v) is 6.81. The van der Waals surface area contributed by atoms with Gasteiger partial charge in [0.25, 0.3) is 10.0 Å². The summed E-state index contributed by atoms with van der Waals surface area (Å²) in [5.41, 5.74) is 2.34. The van der Waals surface area contributed by atoms with Gasteiger partial charge in [0.15, 0.2) is 0 Å². The molecular formula is C22H20Cl2N2O3S. The van der Waals surface area contributed by atoms with Gasteiger partial charge in [0.05, 0.1) is 21.3 Å². The van der Waals surface area contributed by atoms with Crippen molar-refractivity contribution in [1.29, 1.82) is 0 Å². The van der Waals surface area contributed by atoms with Crippen LogP contribution >= 0.6 is 23.2 Å². The van der Waals surface area contributed by atoms with E-state index < -0.39 is 22.5 Å². The van der Waals surface area contributed by atoms with Crippen molar-refractivity contribution < 1.29 is 13.2 Å². The first kappa shape index (κ1) is 22.2. The summed E-state index contributed by atoms with van der Waals surface area (Å²) in [7, 11) is -4.01. The Morgan fingerprint density at radius 2 is 1.63 bits per heavy atom. The molecule has 0 fully saturated rings. The molecule has 0 aromatic heterocycles. The second-order valence-corrected chi connectivity index (χ2v) is 9.49. The first-order valence-electron chi connectivity index (χ1n) is 9.08. The second-order valence-electron chi connectivity index (χ2n) is 6.78. The van der Waals surface area contributed by atoms with Crippen LogP contribution in [0.1, 0.15) is 11.1 Å². The third-order valence-electron chi connectivity index (χ3n) is 4.47. The van der Waals surface area contributed by atoms with Crippen molar-refractivity contribution in [1.82, 2.24) is 0 Å². The molecule has 1 N–H and O–H groups in total. The number of nitrogens with zero attached hydrogens (tertiary/aromatic N) is 1. The molecule has 5 nitrogen and oxygen atoms in total. The SMILES string of the molecule is Cc1ccc(S(=O)(=O)N(CC(=O)Nc2ccccc2Cl)c2ccc(Cl)cc2C)cc1. The highest BCUT2D eigenvalue weighted by atomic mass is 35.5. The Labute approximate surface area is 186 Å². The quantitative estimate of drug-likeness (QED) is 0.529. The number of hydrogen-bond acceptors (Lipinski definition) is 3. The highest BCUT2D eigenvalue weighted by Gasteiger charge is 2.28. The van der Waals surface area contributed by atoms with Gasteiger partial charge in [-0.15, -0.1) is 0 Å². The van der Waals surface area contributed by atoms with Gasteiger partial charge < -0.3 is 5.32 Å². The van der Waals surface area contributed by atoms with Gasteiger partial charge in [0.1, 0.15) is 6.54 Å². The molecule has 0 aliphatic heterocycles. The van der Waals surface area contributed by atoms with E-state index in [-0.39, 0.29) is 4.90 Å². The number of carbonyl (C=O) groups is 1. The fourth-order valence-corrected chi connectivity index (χ4v) is 4.81. The smallest absolute Gasteiger partial charge is 0.264 e. The Kier molecular flexibility index (Phi) is 6.71. The Bertz CT molecular complexity index is 1180. The summed E-state index contributed by atoms with van der Waals surface area (Å²) >= 11 is 12.1. The maximum Gasteiger partial charge on any atom is 0.264 e. The first-order chi connectivity index (χ1) is 14.2. The van der Waals surface area contributed by atoms with Gasteiger partial charge >= 0.3 is 0 Å². The van der Waals surface area contributed by atoms with E-state index in [2.05, 4.69) is 5.32 Å². The number of sulfonamides is 1. The van der Waals surface area contributed by atoms with Crippen molar-refractivity contribution in [2.75, 3.05) is 16.2 Å². The minimum atomic E-state index is -4.01. The number of benzene rings is 3. The lowest BCUT2D eigenvalue weighted by molar-refractivity contribution is -0.114. The Morgan fingerprint density at radius 3 is 2.27 bits per heavy atom. The van der Waals surface area contributed by atoms with Crippen LogP contribution in [0.2, 0.25) is 10.0 Å². The molecule has 0 aliphatic carbocycles. The van der Waals surface area contributed by atoms with Crippen LogP contribution in [-0.4, -0.2) is 20.9 Å². The Morgan fingerprint density at radius 1 is 0.967 bits per heavy atom. The van der Waals surface area contributed by atoms with Gasteiger partial charge in [-0.3, -0.25) is 9.10 Å². The molecule has 0 spiro atoms. The molecule has 3 rings (SSSR count). The number of nitrogens with one attached hydrogen (secondary N) is 1. The largest absolute Gasteiger partial charge is 0.323 e. The number of hydrogen-bond donors (Lipinski definition) is 1. The standard InChI is InChI=1S/C22H20Cl2N2O3S/c1-15-7-10-18(11-8-15)30(28,29)26(21-12-9-17(23)13-16(21)2)14-22(27)25-20-6-4-3-5-19(20)24/h3-13H,14H2,1-2H3,(H,25,27). The van der Waals surface area contributed by atoms with E-state index in [1.165, 1.54) is 12.1 Å². The van der Waals surface area contributed by atoms with Crippen molar-refractivity contribution >= 4 is 50.5 Å². The highest BCUT2D eigenvalue weighted by Crippen LogP contribution is 2.29.